The van der Waals surface area contributed by atoms with Crippen LogP contribution in [0.5, 0.6) is 0 Å². The molecule has 0 spiro atoms. The van der Waals surface area contributed by atoms with Crippen LogP contribution in [0.2, 0.25) is 5.02 Å². The van der Waals surface area contributed by atoms with Gasteiger partial charge in [0.1, 0.15) is 11.5 Å². The lowest BCUT2D eigenvalue weighted by molar-refractivity contribution is 0.100. The molecule has 0 aliphatic heterocycles. The standard InChI is InChI=1S/C17H12ClFN6O/c1-24-22-17(21-23-24)15-14(18)12-8-10(19)4-7-13(12)25(15)11-5-2-9(3-6-11)16(20)26/h2-8H,1H3,(H2,20,26). The number of hydrogen-bond donors (Lipinski definition) is 1. The summed E-state index contributed by atoms with van der Waals surface area (Å²) in [7, 11) is 1.64. The molecule has 2 aromatic carbocycles. The lowest BCUT2D eigenvalue weighted by Crippen LogP contribution is -2.10. The number of tetrazole rings is 1. The van der Waals surface area contributed by atoms with Crippen LogP contribution < -0.4 is 5.73 Å². The van der Waals surface area contributed by atoms with Gasteiger partial charge in [-0.1, -0.05) is 11.6 Å². The number of primary amides is 1. The summed E-state index contributed by atoms with van der Waals surface area (Å²) in [4.78, 5) is 12.6. The number of halogens is 2. The molecule has 4 aromatic rings. The van der Waals surface area contributed by atoms with E-state index < -0.39 is 11.7 Å². The second kappa shape index (κ2) is 5.92. The van der Waals surface area contributed by atoms with Crippen molar-refractivity contribution < 1.29 is 9.18 Å². The van der Waals surface area contributed by atoms with E-state index in [4.69, 9.17) is 17.3 Å². The third kappa shape index (κ3) is 2.51. The molecule has 0 saturated carbocycles. The Hall–Kier alpha value is -3.26. The quantitative estimate of drug-likeness (QED) is 0.600. The van der Waals surface area contributed by atoms with Gasteiger partial charge in [0, 0.05) is 16.6 Å². The van der Waals surface area contributed by atoms with Crippen molar-refractivity contribution >= 4 is 28.4 Å². The van der Waals surface area contributed by atoms with Crippen LogP contribution in [0, 0.1) is 5.82 Å². The highest BCUT2D eigenvalue weighted by Crippen LogP contribution is 2.38. The van der Waals surface area contributed by atoms with Crippen LogP contribution >= 0.6 is 11.6 Å². The fourth-order valence-corrected chi connectivity index (χ4v) is 3.17. The van der Waals surface area contributed by atoms with Crippen molar-refractivity contribution in [2.75, 3.05) is 0 Å². The van der Waals surface area contributed by atoms with Gasteiger partial charge < -0.3 is 10.3 Å². The highest BCUT2D eigenvalue weighted by atomic mass is 35.5. The molecule has 9 heteroatoms. The summed E-state index contributed by atoms with van der Waals surface area (Å²) in [5.74, 6) is -0.628. The van der Waals surface area contributed by atoms with E-state index in [2.05, 4.69) is 15.4 Å². The topological polar surface area (TPSA) is 91.6 Å². The predicted octanol–water partition coefficient (Wildman–Crippen LogP) is 2.71. The number of benzene rings is 2. The number of aryl methyl sites for hydroxylation is 1. The van der Waals surface area contributed by atoms with E-state index in [0.717, 1.165) is 0 Å². The molecule has 0 saturated heterocycles. The third-order valence-electron chi connectivity index (χ3n) is 4.00. The van der Waals surface area contributed by atoms with Crippen molar-refractivity contribution in [3.8, 4) is 17.2 Å². The number of fused-ring (bicyclic) bond motifs is 1. The molecule has 2 N–H and O–H groups in total. The second-order valence-electron chi connectivity index (χ2n) is 5.67. The average Bonchev–Trinajstić information content (AvgIpc) is 3.16. The molecule has 0 aliphatic rings. The summed E-state index contributed by atoms with van der Waals surface area (Å²) >= 11 is 6.53. The normalized spacial score (nSPS) is 11.2. The number of aromatic nitrogens is 5. The highest BCUT2D eigenvalue weighted by molar-refractivity contribution is 6.38. The Labute approximate surface area is 151 Å². The van der Waals surface area contributed by atoms with Crippen LogP contribution in [0.1, 0.15) is 10.4 Å². The van der Waals surface area contributed by atoms with Gasteiger partial charge in [-0.05, 0) is 47.7 Å². The Morgan fingerprint density at radius 3 is 2.54 bits per heavy atom. The number of rotatable bonds is 3. The molecule has 0 unspecified atom stereocenters. The van der Waals surface area contributed by atoms with Crippen molar-refractivity contribution in [1.29, 1.82) is 0 Å². The number of amides is 1. The molecule has 0 fully saturated rings. The highest BCUT2D eigenvalue weighted by Gasteiger charge is 2.22. The van der Waals surface area contributed by atoms with E-state index in [1.807, 2.05) is 0 Å². The first-order valence-corrected chi connectivity index (χ1v) is 7.97. The van der Waals surface area contributed by atoms with Gasteiger partial charge in [-0.25, -0.2) is 4.39 Å². The maximum absolute atomic E-state index is 13.7. The summed E-state index contributed by atoms with van der Waals surface area (Å²) in [5, 5.41) is 12.9. The fourth-order valence-electron chi connectivity index (χ4n) is 2.85. The number of carbonyl (C=O) groups excluding carboxylic acids is 1. The molecule has 0 bridgehead atoms. The molecular weight excluding hydrogens is 359 g/mol. The molecule has 130 valence electrons. The second-order valence-corrected chi connectivity index (χ2v) is 6.05. The molecule has 0 atom stereocenters. The van der Waals surface area contributed by atoms with Crippen molar-refractivity contribution in [1.82, 2.24) is 24.8 Å². The molecule has 1 amide bonds. The van der Waals surface area contributed by atoms with Crippen LogP contribution in [0.3, 0.4) is 0 Å². The van der Waals surface area contributed by atoms with Crippen LogP contribution in [0.15, 0.2) is 42.5 Å². The molecule has 7 nitrogen and oxygen atoms in total. The zero-order chi connectivity index (χ0) is 18.4. The zero-order valence-electron chi connectivity index (χ0n) is 13.5. The monoisotopic (exact) mass is 370 g/mol. The van der Waals surface area contributed by atoms with E-state index in [0.29, 0.717) is 38.7 Å². The summed E-state index contributed by atoms with van der Waals surface area (Å²) in [6.07, 6.45) is 0. The first kappa shape index (κ1) is 16.2. The fraction of sp³-hybridized carbons (Fsp3) is 0.0588. The Balaban J connectivity index is 2.04. The van der Waals surface area contributed by atoms with Crippen molar-refractivity contribution in [2.45, 2.75) is 0 Å². The SMILES string of the molecule is Cn1nnc(-c2c(Cl)c3cc(F)ccc3n2-c2ccc(C(N)=O)cc2)n1. The minimum absolute atomic E-state index is 0.299. The first-order chi connectivity index (χ1) is 12.5. The number of carbonyl (C=O) groups is 1. The van der Waals surface area contributed by atoms with Gasteiger partial charge >= 0.3 is 0 Å². The van der Waals surface area contributed by atoms with E-state index in [-0.39, 0.29) is 0 Å². The van der Waals surface area contributed by atoms with Gasteiger partial charge in [-0.15, -0.1) is 10.2 Å². The average molecular weight is 371 g/mol. The molecule has 2 heterocycles. The van der Waals surface area contributed by atoms with Crippen LogP contribution in [-0.4, -0.2) is 30.7 Å². The van der Waals surface area contributed by atoms with Crippen molar-refractivity contribution in [3.05, 3.63) is 58.9 Å². The molecule has 0 aliphatic carbocycles. The van der Waals surface area contributed by atoms with Crippen molar-refractivity contribution in [2.24, 2.45) is 12.8 Å². The minimum Gasteiger partial charge on any atom is -0.366 e. The maximum Gasteiger partial charge on any atom is 0.248 e. The summed E-state index contributed by atoms with van der Waals surface area (Å²) in [6, 6.07) is 11.0. The Morgan fingerprint density at radius 2 is 1.92 bits per heavy atom. The molecule has 2 aromatic heterocycles. The number of nitrogens with zero attached hydrogens (tertiary/aromatic N) is 5. The lowest BCUT2D eigenvalue weighted by Gasteiger charge is -2.09. The Bertz CT molecular complexity index is 1150. The molecule has 4 rings (SSSR count). The van der Waals surface area contributed by atoms with Crippen LogP contribution in [-0.2, 0) is 7.05 Å². The van der Waals surface area contributed by atoms with Gasteiger partial charge in [0.25, 0.3) is 0 Å². The molecular formula is C17H12ClFN6O. The van der Waals surface area contributed by atoms with Gasteiger partial charge in [0.15, 0.2) is 0 Å². The largest absolute Gasteiger partial charge is 0.366 e. The van der Waals surface area contributed by atoms with Gasteiger partial charge in [0.05, 0.1) is 17.6 Å². The lowest BCUT2D eigenvalue weighted by atomic mass is 10.2. The zero-order valence-corrected chi connectivity index (χ0v) is 14.3. The van der Waals surface area contributed by atoms with E-state index in [1.54, 1.807) is 41.9 Å². The maximum atomic E-state index is 13.7. The van der Waals surface area contributed by atoms with Gasteiger partial charge in [-0.3, -0.25) is 4.79 Å². The Morgan fingerprint density at radius 1 is 1.19 bits per heavy atom. The van der Waals surface area contributed by atoms with Crippen LogP contribution in [0.25, 0.3) is 28.1 Å². The first-order valence-electron chi connectivity index (χ1n) is 7.60. The van der Waals surface area contributed by atoms with Gasteiger partial charge in [-0.2, -0.15) is 4.80 Å². The minimum atomic E-state index is -0.523. The number of nitrogens with two attached hydrogens (primary N) is 1. The Kier molecular flexibility index (Phi) is 3.69. The molecule has 0 radical (unpaired) electrons. The molecule has 26 heavy (non-hydrogen) atoms. The van der Waals surface area contributed by atoms with Crippen LogP contribution in [0.4, 0.5) is 4.39 Å². The van der Waals surface area contributed by atoms with Crippen molar-refractivity contribution in [3.63, 3.8) is 0 Å². The van der Waals surface area contributed by atoms with E-state index in [9.17, 15) is 9.18 Å². The summed E-state index contributed by atoms with van der Waals surface area (Å²) in [5.41, 5.74) is 7.52. The predicted molar refractivity (Wildman–Crippen MR) is 94.6 cm³/mol. The van der Waals surface area contributed by atoms with Gasteiger partial charge in [0.2, 0.25) is 11.7 Å². The third-order valence-corrected chi connectivity index (χ3v) is 4.38. The summed E-state index contributed by atoms with van der Waals surface area (Å²) in [6.45, 7) is 0. The smallest absolute Gasteiger partial charge is 0.248 e. The van der Waals surface area contributed by atoms with E-state index >= 15 is 0 Å². The summed E-state index contributed by atoms with van der Waals surface area (Å²) < 4.78 is 15.5. The van der Waals surface area contributed by atoms with E-state index in [1.165, 1.54) is 16.9 Å². The number of hydrogen-bond acceptors (Lipinski definition) is 4.